The van der Waals surface area contributed by atoms with E-state index in [1.807, 2.05) is 14.0 Å². The van der Waals surface area contributed by atoms with E-state index in [0.29, 0.717) is 11.7 Å². The molecule has 0 radical (unpaired) electrons. The molecule has 1 N–H and O–H groups in total. The summed E-state index contributed by atoms with van der Waals surface area (Å²) in [5.41, 5.74) is 0. The van der Waals surface area contributed by atoms with Crippen LogP contribution in [0.1, 0.15) is 31.0 Å². The van der Waals surface area contributed by atoms with Gasteiger partial charge in [0.2, 0.25) is 5.89 Å². The van der Waals surface area contributed by atoms with Gasteiger partial charge in [-0.2, -0.15) is 4.98 Å². The van der Waals surface area contributed by atoms with E-state index < -0.39 is 0 Å². The SMILES string of the molecule is CCC(CNC)c1nc(C)no1. The number of aryl methyl sites for hydroxylation is 1. The van der Waals surface area contributed by atoms with Crippen molar-refractivity contribution < 1.29 is 4.52 Å². The second kappa shape index (κ2) is 4.21. The van der Waals surface area contributed by atoms with E-state index in [2.05, 4.69) is 22.4 Å². The van der Waals surface area contributed by atoms with Gasteiger partial charge < -0.3 is 9.84 Å². The zero-order valence-corrected chi connectivity index (χ0v) is 7.79. The zero-order valence-electron chi connectivity index (χ0n) is 7.79. The highest BCUT2D eigenvalue weighted by Gasteiger charge is 2.14. The van der Waals surface area contributed by atoms with Crippen LogP contribution in [0.4, 0.5) is 0 Å². The third kappa shape index (κ3) is 2.04. The number of aromatic nitrogens is 2. The van der Waals surface area contributed by atoms with Crippen molar-refractivity contribution in [1.82, 2.24) is 15.5 Å². The van der Waals surface area contributed by atoms with Crippen molar-refractivity contribution in [3.63, 3.8) is 0 Å². The van der Waals surface area contributed by atoms with Crippen molar-refractivity contribution in [2.45, 2.75) is 26.2 Å². The number of likely N-dealkylation sites (N-methyl/N-ethyl adjacent to an activating group) is 1. The lowest BCUT2D eigenvalue weighted by molar-refractivity contribution is 0.344. The third-order valence-electron chi connectivity index (χ3n) is 1.84. The highest BCUT2D eigenvalue weighted by Crippen LogP contribution is 2.15. The van der Waals surface area contributed by atoms with Gasteiger partial charge in [-0.1, -0.05) is 12.1 Å². The Morgan fingerprint density at radius 1 is 1.58 bits per heavy atom. The monoisotopic (exact) mass is 169 g/mol. The first kappa shape index (κ1) is 9.19. The Hall–Kier alpha value is -0.900. The molecule has 0 bridgehead atoms. The molecule has 1 unspecified atom stereocenters. The van der Waals surface area contributed by atoms with Gasteiger partial charge in [0.25, 0.3) is 0 Å². The Bertz CT molecular complexity index is 234. The molecular formula is C8H15N3O. The van der Waals surface area contributed by atoms with Crippen molar-refractivity contribution >= 4 is 0 Å². The average molecular weight is 169 g/mol. The van der Waals surface area contributed by atoms with Gasteiger partial charge in [-0.05, 0) is 20.4 Å². The van der Waals surface area contributed by atoms with E-state index in [1.54, 1.807) is 0 Å². The molecule has 12 heavy (non-hydrogen) atoms. The minimum Gasteiger partial charge on any atom is -0.339 e. The van der Waals surface area contributed by atoms with Crippen LogP contribution in [0.3, 0.4) is 0 Å². The fraction of sp³-hybridized carbons (Fsp3) is 0.750. The lowest BCUT2D eigenvalue weighted by Gasteiger charge is -2.07. The minimum absolute atomic E-state index is 0.344. The van der Waals surface area contributed by atoms with Crippen molar-refractivity contribution in [3.8, 4) is 0 Å². The smallest absolute Gasteiger partial charge is 0.231 e. The van der Waals surface area contributed by atoms with E-state index in [-0.39, 0.29) is 0 Å². The number of nitrogens with zero attached hydrogens (tertiary/aromatic N) is 2. The van der Waals surface area contributed by atoms with Gasteiger partial charge in [-0.15, -0.1) is 0 Å². The normalized spacial score (nSPS) is 13.2. The Labute approximate surface area is 72.4 Å². The molecule has 1 aromatic rings. The predicted molar refractivity (Wildman–Crippen MR) is 46.0 cm³/mol. The summed E-state index contributed by atoms with van der Waals surface area (Å²) in [6.45, 7) is 4.83. The van der Waals surface area contributed by atoms with Crippen LogP contribution in [-0.2, 0) is 0 Å². The first-order valence-corrected chi connectivity index (χ1v) is 4.22. The van der Waals surface area contributed by atoms with Gasteiger partial charge in [0.15, 0.2) is 5.82 Å². The highest BCUT2D eigenvalue weighted by molar-refractivity contribution is 4.92. The van der Waals surface area contributed by atoms with Crippen molar-refractivity contribution in [2.24, 2.45) is 0 Å². The van der Waals surface area contributed by atoms with Gasteiger partial charge >= 0.3 is 0 Å². The topological polar surface area (TPSA) is 51.0 Å². The fourth-order valence-electron chi connectivity index (χ4n) is 1.13. The van der Waals surface area contributed by atoms with Crippen LogP contribution in [0.25, 0.3) is 0 Å². The maximum atomic E-state index is 5.07. The standard InChI is InChI=1S/C8H15N3O/c1-4-7(5-9-3)8-10-6(2)11-12-8/h7,9H,4-5H2,1-3H3. The molecule has 0 fully saturated rings. The van der Waals surface area contributed by atoms with E-state index in [9.17, 15) is 0 Å². The van der Waals surface area contributed by atoms with Crippen LogP contribution in [0.2, 0.25) is 0 Å². The van der Waals surface area contributed by atoms with Crippen molar-refractivity contribution in [2.75, 3.05) is 13.6 Å². The molecule has 0 saturated heterocycles. The first-order valence-electron chi connectivity index (χ1n) is 4.22. The molecule has 0 amide bonds. The molecule has 0 saturated carbocycles. The predicted octanol–water partition coefficient (Wildman–Crippen LogP) is 1.09. The van der Waals surface area contributed by atoms with E-state index in [1.165, 1.54) is 0 Å². The quantitative estimate of drug-likeness (QED) is 0.733. The van der Waals surface area contributed by atoms with Gasteiger partial charge in [0.1, 0.15) is 0 Å². The van der Waals surface area contributed by atoms with Gasteiger partial charge in [0, 0.05) is 6.54 Å². The van der Waals surface area contributed by atoms with Crippen LogP contribution < -0.4 is 5.32 Å². The van der Waals surface area contributed by atoms with Crippen LogP contribution in [0.15, 0.2) is 4.52 Å². The molecule has 1 rings (SSSR count). The third-order valence-corrected chi connectivity index (χ3v) is 1.84. The van der Waals surface area contributed by atoms with Gasteiger partial charge in [-0.25, -0.2) is 0 Å². The average Bonchev–Trinajstić information content (AvgIpc) is 2.47. The van der Waals surface area contributed by atoms with E-state index >= 15 is 0 Å². The molecule has 0 aliphatic heterocycles. The summed E-state index contributed by atoms with van der Waals surface area (Å²) in [7, 11) is 1.92. The summed E-state index contributed by atoms with van der Waals surface area (Å²) < 4.78 is 5.07. The molecule has 1 atom stereocenters. The lowest BCUT2D eigenvalue weighted by atomic mass is 10.1. The summed E-state index contributed by atoms with van der Waals surface area (Å²) in [4.78, 5) is 4.18. The van der Waals surface area contributed by atoms with Crippen LogP contribution in [0, 0.1) is 6.92 Å². The summed E-state index contributed by atoms with van der Waals surface area (Å²) in [6, 6.07) is 0. The Morgan fingerprint density at radius 2 is 2.33 bits per heavy atom. The van der Waals surface area contributed by atoms with Gasteiger partial charge in [0.05, 0.1) is 5.92 Å². The number of hydrogen-bond acceptors (Lipinski definition) is 4. The van der Waals surface area contributed by atoms with Crippen LogP contribution in [0.5, 0.6) is 0 Å². The first-order chi connectivity index (χ1) is 5.77. The zero-order chi connectivity index (χ0) is 8.97. The van der Waals surface area contributed by atoms with Crippen molar-refractivity contribution in [3.05, 3.63) is 11.7 Å². The van der Waals surface area contributed by atoms with Gasteiger partial charge in [-0.3, -0.25) is 0 Å². The second-order valence-corrected chi connectivity index (χ2v) is 2.84. The number of nitrogens with one attached hydrogen (secondary N) is 1. The molecule has 1 heterocycles. The van der Waals surface area contributed by atoms with Crippen molar-refractivity contribution in [1.29, 1.82) is 0 Å². The number of rotatable bonds is 4. The van der Waals surface area contributed by atoms with E-state index in [0.717, 1.165) is 18.9 Å². The molecule has 4 heteroatoms. The van der Waals surface area contributed by atoms with E-state index in [4.69, 9.17) is 4.52 Å². The lowest BCUT2D eigenvalue weighted by Crippen LogP contribution is -2.16. The number of hydrogen-bond donors (Lipinski definition) is 1. The highest BCUT2D eigenvalue weighted by atomic mass is 16.5. The minimum atomic E-state index is 0.344. The summed E-state index contributed by atoms with van der Waals surface area (Å²) >= 11 is 0. The Kier molecular flexibility index (Phi) is 3.22. The maximum Gasteiger partial charge on any atom is 0.231 e. The Morgan fingerprint density at radius 3 is 2.75 bits per heavy atom. The molecule has 1 aromatic heterocycles. The maximum absolute atomic E-state index is 5.07. The molecule has 4 nitrogen and oxygen atoms in total. The second-order valence-electron chi connectivity index (χ2n) is 2.84. The summed E-state index contributed by atoms with van der Waals surface area (Å²) in [6.07, 6.45) is 1.02. The summed E-state index contributed by atoms with van der Waals surface area (Å²) in [5, 5.41) is 6.85. The fourth-order valence-corrected chi connectivity index (χ4v) is 1.13. The molecule has 0 aliphatic rings. The Balaban J connectivity index is 2.66. The largest absolute Gasteiger partial charge is 0.339 e. The van der Waals surface area contributed by atoms with Crippen LogP contribution in [-0.4, -0.2) is 23.7 Å². The summed E-state index contributed by atoms with van der Waals surface area (Å²) in [5.74, 6) is 1.79. The molecule has 68 valence electrons. The van der Waals surface area contributed by atoms with Crippen LogP contribution >= 0.6 is 0 Å². The molecule has 0 aromatic carbocycles. The molecule has 0 aliphatic carbocycles. The molecular weight excluding hydrogens is 154 g/mol. The molecule has 0 spiro atoms.